The van der Waals surface area contributed by atoms with Crippen molar-refractivity contribution < 1.29 is 0 Å². The number of hydrogen-bond acceptors (Lipinski definition) is 0. The van der Waals surface area contributed by atoms with E-state index in [0.717, 1.165) is 0 Å². The molecule has 0 amide bonds. The minimum Gasteiger partial charge on any atom is -0.0661 e. The Hall–Kier alpha value is -0.520. The fourth-order valence-corrected chi connectivity index (χ4v) is 1.94. The summed E-state index contributed by atoms with van der Waals surface area (Å²) < 4.78 is 0. The Labute approximate surface area is 70.0 Å². The molecule has 0 heteroatoms. The molecule has 0 aromatic carbocycles. The van der Waals surface area contributed by atoms with Crippen LogP contribution in [0, 0.1) is 0 Å². The lowest BCUT2D eigenvalue weighted by Gasteiger charge is -2.03. The Morgan fingerprint density at radius 3 is 2.09 bits per heavy atom. The average Bonchev–Trinajstić information content (AvgIpc) is 2.28. The third-order valence-corrected chi connectivity index (χ3v) is 2.78. The van der Waals surface area contributed by atoms with Crippen LogP contribution < -0.4 is 0 Å². The van der Waals surface area contributed by atoms with Crippen molar-refractivity contribution in [2.45, 2.75) is 47.0 Å². The van der Waals surface area contributed by atoms with Gasteiger partial charge in [0.25, 0.3) is 0 Å². The molecule has 62 valence electrons. The molecule has 1 aliphatic rings. The van der Waals surface area contributed by atoms with Gasteiger partial charge in [0.2, 0.25) is 0 Å². The maximum absolute atomic E-state index is 2.26. The van der Waals surface area contributed by atoms with Crippen molar-refractivity contribution in [1.82, 2.24) is 0 Å². The van der Waals surface area contributed by atoms with Crippen LogP contribution in [0.1, 0.15) is 47.0 Å². The van der Waals surface area contributed by atoms with Crippen molar-refractivity contribution in [3.63, 3.8) is 0 Å². The van der Waals surface area contributed by atoms with Crippen LogP contribution in [0.25, 0.3) is 0 Å². The highest BCUT2D eigenvalue weighted by Gasteiger charge is 2.15. The molecule has 0 fully saturated rings. The van der Waals surface area contributed by atoms with Gasteiger partial charge in [-0.1, -0.05) is 25.0 Å². The Bertz CT molecular complexity index is 216. The Balaban J connectivity index is 2.92. The molecule has 1 rings (SSSR count). The van der Waals surface area contributed by atoms with E-state index in [1.54, 1.807) is 22.3 Å². The van der Waals surface area contributed by atoms with Gasteiger partial charge in [0.1, 0.15) is 0 Å². The van der Waals surface area contributed by atoms with Crippen LogP contribution in [0.2, 0.25) is 0 Å². The van der Waals surface area contributed by atoms with Crippen LogP contribution >= 0.6 is 0 Å². The minimum absolute atomic E-state index is 1.21. The molecule has 0 aromatic heterocycles. The van der Waals surface area contributed by atoms with Gasteiger partial charge >= 0.3 is 0 Å². The van der Waals surface area contributed by atoms with Gasteiger partial charge in [-0.05, 0) is 44.3 Å². The van der Waals surface area contributed by atoms with Crippen LogP contribution in [0.15, 0.2) is 22.3 Å². The Morgan fingerprint density at radius 2 is 1.73 bits per heavy atom. The Kier molecular flexibility index (Phi) is 2.53. The number of hydrogen-bond donors (Lipinski definition) is 0. The molecular formula is C11H18. The van der Waals surface area contributed by atoms with Gasteiger partial charge in [0.15, 0.2) is 0 Å². The molecule has 0 spiro atoms. The molecule has 11 heavy (non-hydrogen) atoms. The van der Waals surface area contributed by atoms with Gasteiger partial charge < -0.3 is 0 Å². The first-order valence-electron chi connectivity index (χ1n) is 4.58. The highest BCUT2D eigenvalue weighted by Crippen LogP contribution is 2.34. The van der Waals surface area contributed by atoms with Gasteiger partial charge in [-0.2, -0.15) is 0 Å². The number of allylic oxidation sites excluding steroid dienone is 4. The molecule has 0 N–H and O–H groups in total. The summed E-state index contributed by atoms with van der Waals surface area (Å²) in [5.41, 5.74) is 6.44. The summed E-state index contributed by atoms with van der Waals surface area (Å²) in [6.45, 7) is 9.04. The molecule has 1 aliphatic carbocycles. The van der Waals surface area contributed by atoms with E-state index in [1.165, 1.54) is 19.3 Å². The number of rotatable bonds is 2. The van der Waals surface area contributed by atoms with Crippen LogP contribution in [-0.2, 0) is 0 Å². The van der Waals surface area contributed by atoms with Gasteiger partial charge in [-0.25, -0.2) is 0 Å². The van der Waals surface area contributed by atoms with E-state index in [1.807, 2.05) is 0 Å². The van der Waals surface area contributed by atoms with Gasteiger partial charge in [-0.15, -0.1) is 0 Å². The maximum atomic E-state index is 2.26. The van der Waals surface area contributed by atoms with Crippen molar-refractivity contribution in [2.24, 2.45) is 0 Å². The fraction of sp³-hybridized carbons (Fsp3) is 0.636. The predicted molar refractivity (Wildman–Crippen MR) is 50.6 cm³/mol. The second-order valence-electron chi connectivity index (χ2n) is 3.37. The molecule has 0 unspecified atom stereocenters. The second-order valence-corrected chi connectivity index (χ2v) is 3.37. The lowest BCUT2D eigenvalue weighted by Crippen LogP contribution is -1.83. The lowest BCUT2D eigenvalue weighted by atomic mass is 10.0. The highest BCUT2D eigenvalue weighted by molar-refractivity contribution is 5.45. The highest BCUT2D eigenvalue weighted by atomic mass is 14.2. The van der Waals surface area contributed by atoms with E-state index in [2.05, 4.69) is 27.7 Å². The van der Waals surface area contributed by atoms with Crippen molar-refractivity contribution in [2.75, 3.05) is 0 Å². The molecule has 0 saturated heterocycles. The smallest absolute Gasteiger partial charge is 0.00996 e. The first-order chi connectivity index (χ1) is 5.20. The molecule has 0 bridgehead atoms. The zero-order valence-corrected chi connectivity index (χ0v) is 8.12. The summed E-state index contributed by atoms with van der Waals surface area (Å²) in [4.78, 5) is 0. The molecular weight excluding hydrogens is 132 g/mol. The van der Waals surface area contributed by atoms with E-state index in [4.69, 9.17) is 0 Å². The zero-order chi connectivity index (χ0) is 8.43. The standard InChI is InChI=1S/C11H18/c1-5-10-7-8(3)9(4)11(10)6-2/h5-7H2,1-4H3. The van der Waals surface area contributed by atoms with E-state index < -0.39 is 0 Å². The van der Waals surface area contributed by atoms with Crippen molar-refractivity contribution in [1.29, 1.82) is 0 Å². The van der Waals surface area contributed by atoms with Crippen LogP contribution in [0.3, 0.4) is 0 Å². The van der Waals surface area contributed by atoms with Crippen molar-refractivity contribution >= 4 is 0 Å². The minimum atomic E-state index is 1.21. The second kappa shape index (κ2) is 3.25. The van der Waals surface area contributed by atoms with E-state index in [0.29, 0.717) is 0 Å². The largest absolute Gasteiger partial charge is 0.0661 e. The zero-order valence-electron chi connectivity index (χ0n) is 8.12. The van der Waals surface area contributed by atoms with Gasteiger partial charge in [-0.3, -0.25) is 0 Å². The van der Waals surface area contributed by atoms with E-state index in [-0.39, 0.29) is 0 Å². The van der Waals surface area contributed by atoms with E-state index in [9.17, 15) is 0 Å². The molecule has 0 radical (unpaired) electrons. The normalized spacial score (nSPS) is 18.5. The molecule has 0 saturated carbocycles. The third kappa shape index (κ3) is 1.40. The molecule has 0 nitrogen and oxygen atoms in total. The summed E-state index contributed by atoms with van der Waals surface area (Å²) in [6, 6.07) is 0. The van der Waals surface area contributed by atoms with Crippen molar-refractivity contribution in [3.8, 4) is 0 Å². The SMILES string of the molecule is CCC1=C(CC)C(C)=C(C)C1. The van der Waals surface area contributed by atoms with Gasteiger partial charge in [0.05, 0.1) is 0 Å². The maximum Gasteiger partial charge on any atom is -0.00996 e. The summed E-state index contributed by atoms with van der Waals surface area (Å²) >= 11 is 0. The summed E-state index contributed by atoms with van der Waals surface area (Å²) in [5.74, 6) is 0. The van der Waals surface area contributed by atoms with Gasteiger partial charge in [0, 0.05) is 0 Å². The fourth-order valence-electron chi connectivity index (χ4n) is 1.94. The average molecular weight is 150 g/mol. The third-order valence-electron chi connectivity index (χ3n) is 2.78. The first kappa shape index (κ1) is 8.58. The molecule has 0 aliphatic heterocycles. The molecule has 0 aromatic rings. The molecule has 0 atom stereocenters. The van der Waals surface area contributed by atoms with Crippen LogP contribution in [0.5, 0.6) is 0 Å². The Morgan fingerprint density at radius 1 is 1.09 bits per heavy atom. The summed E-state index contributed by atoms with van der Waals surface area (Å²) in [7, 11) is 0. The predicted octanol–water partition coefficient (Wildman–Crippen LogP) is 3.84. The quantitative estimate of drug-likeness (QED) is 0.561. The van der Waals surface area contributed by atoms with Crippen LogP contribution in [-0.4, -0.2) is 0 Å². The summed E-state index contributed by atoms with van der Waals surface area (Å²) in [6.07, 6.45) is 3.69. The monoisotopic (exact) mass is 150 g/mol. The lowest BCUT2D eigenvalue weighted by molar-refractivity contribution is 0.978. The topological polar surface area (TPSA) is 0 Å². The summed E-state index contributed by atoms with van der Waals surface area (Å²) in [5, 5.41) is 0. The van der Waals surface area contributed by atoms with Crippen LogP contribution in [0.4, 0.5) is 0 Å². The molecule has 0 heterocycles. The van der Waals surface area contributed by atoms with E-state index >= 15 is 0 Å². The van der Waals surface area contributed by atoms with Crippen molar-refractivity contribution in [3.05, 3.63) is 22.3 Å². The first-order valence-corrected chi connectivity index (χ1v) is 4.58.